The van der Waals surface area contributed by atoms with Crippen LogP contribution in [0.5, 0.6) is 0 Å². The summed E-state index contributed by atoms with van der Waals surface area (Å²) in [5, 5.41) is 10.4. The summed E-state index contributed by atoms with van der Waals surface area (Å²) < 4.78 is 2.57. The topological polar surface area (TPSA) is 53.8 Å². The van der Waals surface area contributed by atoms with E-state index in [1.807, 2.05) is 18.4 Å². The number of aliphatic hydroxyl groups excluding tert-OH is 1. The Bertz CT molecular complexity index is 582. The number of aromatic amines is 1. The van der Waals surface area contributed by atoms with Crippen molar-refractivity contribution in [3.63, 3.8) is 0 Å². The number of aliphatic hydroxyl groups is 1. The molecule has 0 aliphatic carbocycles. The number of hydrogen-bond acceptors (Lipinski definition) is 4. The number of aromatic nitrogens is 3. The van der Waals surface area contributed by atoms with E-state index in [-0.39, 0.29) is 12.6 Å². The maximum Gasteiger partial charge on any atom is 0.178 e. The first-order chi connectivity index (χ1) is 8.04. The predicted molar refractivity (Wildman–Crippen MR) is 70.9 cm³/mol. The first-order valence-corrected chi connectivity index (χ1v) is 6.60. The molecule has 92 valence electrons. The molecule has 0 amide bonds. The van der Waals surface area contributed by atoms with Crippen LogP contribution in [0.25, 0.3) is 0 Å². The number of rotatable bonds is 3. The molecule has 0 fully saturated rings. The van der Waals surface area contributed by atoms with E-state index in [4.69, 9.17) is 12.2 Å². The van der Waals surface area contributed by atoms with Gasteiger partial charge >= 0.3 is 0 Å². The molecule has 0 saturated heterocycles. The van der Waals surface area contributed by atoms with Crippen molar-refractivity contribution in [1.82, 2.24) is 14.5 Å². The number of nitrogens with one attached hydrogen (secondary N) is 1. The van der Waals surface area contributed by atoms with E-state index in [9.17, 15) is 5.11 Å². The van der Waals surface area contributed by atoms with Crippen LogP contribution in [0.2, 0.25) is 0 Å². The van der Waals surface area contributed by atoms with Crippen molar-refractivity contribution in [3.8, 4) is 0 Å². The van der Waals surface area contributed by atoms with Crippen LogP contribution in [0.15, 0.2) is 6.20 Å². The number of hydrogen-bond donors (Lipinski definition) is 2. The standard InChI is InChI=1S/C11H15N3OS2/c1-6-10(17-8(3)13-6)7(2)14-9(5-15)4-12-11(14)16/h4,7,15H,5H2,1-3H3,(H,12,16). The molecule has 2 rings (SSSR count). The summed E-state index contributed by atoms with van der Waals surface area (Å²) >= 11 is 6.92. The third-order valence-electron chi connectivity index (χ3n) is 2.76. The molecule has 2 heterocycles. The van der Waals surface area contributed by atoms with Gasteiger partial charge < -0.3 is 14.7 Å². The fraction of sp³-hybridized carbons (Fsp3) is 0.455. The highest BCUT2D eigenvalue weighted by molar-refractivity contribution is 7.71. The van der Waals surface area contributed by atoms with Crippen molar-refractivity contribution in [2.45, 2.75) is 33.4 Å². The molecule has 2 aromatic rings. The minimum Gasteiger partial charge on any atom is -0.390 e. The molecule has 1 atom stereocenters. The van der Waals surface area contributed by atoms with Crippen LogP contribution in [-0.2, 0) is 6.61 Å². The molecule has 0 aliphatic heterocycles. The highest BCUT2D eigenvalue weighted by atomic mass is 32.1. The summed E-state index contributed by atoms with van der Waals surface area (Å²) in [6, 6.07) is 0.0992. The molecular formula is C11H15N3OS2. The fourth-order valence-corrected chi connectivity index (χ4v) is 3.32. The van der Waals surface area contributed by atoms with E-state index in [2.05, 4.69) is 16.9 Å². The Balaban J connectivity index is 2.50. The highest BCUT2D eigenvalue weighted by Gasteiger charge is 2.17. The summed E-state index contributed by atoms with van der Waals surface area (Å²) in [5.41, 5.74) is 1.83. The summed E-state index contributed by atoms with van der Waals surface area (Å²) in [7, 11) is 0. The van der Waals surface area contributed by atoms with Gasteiger partial charge in [0.1, 0.15) is 0 Å². The van der Waals surface area contributed by atoms with Gasteiger partial charge in [-0.3, -0.25) is 0 Å². The van der Waals surface area contributed by atoms with Gasteiger partial charge in [0.25, 0.3) is 0 Å². The van der Waals surface area contributed by atoms with Crippen LogP contribution in [0.1, 0.15) is 34.2 Å². The first kappa shape index (κ1) is 12.5. The quantitative estimate of drug-likeness (QED) is 0.842. The average molecular weight is 269 g/mol. The van der Waals surface area contributed by atoms with Gasteiger partial charge in [-0.1, -0.05) is 0 Å². The molecule has 0 radical (unpaired) electrons. The monoisotopic (exact) mass is 269 g/mol. The summed E-state index contributed by atoms with van der Waals surface area (Å²) in [5.74, 6) is 0. The third kappa shape index (κ3) is 2.20. The number of thiazole rings is 1. The van der Waals surface area contributed by atoms with Gasteiger partial charge in [0.15, 0.2) is 4.77 Å². The fourth-order valence-electron chi connectivity index (χ4n) is 2.01. The van der Waals surface area contributed by atoms with Gasteiger partial charge in [0.2, 0.25) is 0 Å². The Morgan fingerprint density at radius 2 is 2.29 bits per heavy atom. The lowest BCUT2D eigenvalue weighted by Crippen LogP contribution is -2.10. The minimum atomic E-state index is -0.0195. The molecule has 17 heavy (non-hydrogen) atoms. The van der Waals surface area contributed by atoms with Crippen LogP contribution in [0.4, 0.5) is 0 Å². The van der Waals surface area contributed by atoms with Crippen LogP contribution in [0.3, 0.4) is 0 Å². The Hall–Kier alpha value is -0.980. The van der Waals surface area contributed by atoms with E-state index < -0.39 is 0 Å². The minimum absolute atomic E-state index is 0.0195. The van der Waals surface area contributed by atoms with E-state index >= 15 is 0 Å². The number of H-pyrrole nitrogens is 1. The largest absolute Gasteiger partial charge is 0.390 e. The zero-order chi connectivity index (χ0) is 12.6. The van der Waals surface area contributed by atoms with Crippen molar-refractivity contribution in [2.24, 2.45) is 0 Å². The maximum atomic E-state index is 9.30. The van der Waals surface area contributed by atoms with Crippen molar-refractivity contribution in [2.75, 3.05) is 0 Å². The molecule has 6 heteroatoms. The molecule has 0 aliphatic rings. The maximum absolute atomic E-state index is 9.30. The van der Waals surface area contributed by atoms with E-state index in [1.165, 1.54) is 4.88 Å². The van der Waals surface area contributed by atoms with Gasteiger partial charge in [-0.15, -0.1) is 11.3 Å². The second-order valence-corrected chi connectivity index (χ2v) is 5.59. The third-order valence-corrected chi connectivity index (χ3v) is 4.32. The van der Waals surface area contributed by atoms with Crippen LogP contribution < -0.4 is 0 Å². The lowest BCUT2D eigenvalue weighted by Gasteiger charge is -2.15. The molecule has 0 aromatic carbocycles. The normalized spacial score (nSPS) is 12.9. The molecule has 2 N–H and O–H groups in total. The van der Waals surface area contributed by atoms with Crippen molar-refractivity contribution >= 4 is 23.6 Å². The smallest absolute Gasteiger partial charge is 0.178 e. The van der Waals surface area contributed by atoms with Crippen LogP contribution in [0, 0.1) is 18.6 Å². The van der Waals surface area contributed by atoms with E-state index in [0.717, 1.165) is 16.4 Å². The van der Waals surface area contributed by atoms with Gasteiger partial charge in [-0.2, -0.15) is 0 Å². The van der Waals surface area contributed by atoms with E-state index in [0.29, 0.717) is 4.77 Å². The summed E-state index contributed by atoms with van der Waals surface area (Å²) in [4.78, 5) is 8.58. The Labute approximate surface area is 109 Å². The number of nitrogens with zero attached hydrogens (tertiary/aromatic N) is 2. The second kappa shape index (κ2) is 4.72. The van der Waals surface area contributed by atoms with Gasteiger partial charge in [-0.25, -0.2) is 4.98 Å². The number of imidazole rings is 1. The second-order valence-electron chi connectivity index (χ2n) is 3.97. The zero-order valence-corrected chi connectivity index (χ0v) is 11.7. The Kier molecular flexibility index (Phi) is 3.46. The average Bonchev–Trinajstić information content (AvgIpc) is 2.80. The molecule has 4 nitrogen and oxygen atoms in total. The van der Waals surface area contributed by atoms with Crippen molar-refractivity contribution in [1.29, 1.82) is 0 Å². The van der Waals surface area contributed by atoms with Gasteiger partial charge in [-0.05, 0) is 33.0 Å². The molecule has 0 bridgehead atoms. The van der Waals surface area contributed by atoms with Crippen LogP contribution in [-0.4, -0.2) is 19.6 Å². The first-order valence-electron chi connectivity index (χ1n) is 5.38. The van der Waals surface area contributed by atoms with E-state index in [1.54, 1.807) is 17.5 Å². The molecule has 1 unspecified atom stereocenters. The SMILES string of the molecule is Cc1nc(C)c(C(C)n2c(CO)c[nH]c2=S)s1. The van der Waals surface area contributed by atoms with Crippen molar-refractivity contribution in [3.05, 3.63) is 32.2 Å². The molecule has 0 spiro atoms. The lowest BCUT2D eigenvalue weighted by molar-refractivity contribution is 0.269. The predicted octanol–water partition coefficient (Wildman–Crippen LogP) is 2.72. The molecule has 2 aromatic heterocycles. The van der Waals surface area contributed by atoms with Gasteiger partial charge in [0.05, 0.1) is 33.9 Å². The molecular weight excluding hydrogens is 254 g/mol. The Morgan fingerprint density at radius 1 is 1.59 bits per heavy atom. The van der Waals surface area contributed by atoms with Crippen LogP contribution >= 0.6 is 23.6 Å². The summed E-state index contributed by atoms with van der Waals surface area (Å²) in [6.45, 7) is 6.05. The summed E-state index contributed by atoms with van der Waals surface area (Å²) in [6.07, 6.45) is 1.75. The zero-order valence-electron chi connectivity index (χ0n) is 10.0. The van der Waals surface area contributed by atoms with Gasteiger partial charge in [0, 0.05) is 6.20 Å². The highest BCUT2D eigenvalue weighted by Crippen LogP contribution is 2.28. The molecule has 0 saturated carbocycles. The lowest BCUT2D eigenvalue weighted by atomic mass is 10.2. The van der Waals surface area contributed by atoms with Crippen molar-refractivity contribution < 1.29 is 5.11 Å². The Morgan fingerprint density at radius 3 is 2.82 bits per heavy atom. The number of aryl methyl sites for hydroxylation is 2.